The quantitative estimate of drug-likeness (QED) is 0.693. The third-order valence-corrected chi connectivity index (χ3v) is 3.86. The first-order chi connectivity index (χ1) is 6.10. The lowest BCUT2D eigenvalue weighted by Crippen LogP contribution is -2.60. The molecule has 0 spiro atoms. The SMILES string of the molecule is CC1(C)C(O)CC1NCCC1CC1. The second-order valence-corrected chi connectivity index (χ2v) is 5.31. The third-order valence-electron chi connectivity index (χ3n) is 3.86. The van der Waals surface area contributed by atoms with Crippen molar-refractivity contribution < 1.29 is 5.11 Å². The van der Waals surface area contributed by atoms with Crippen molar-refractivity contribution >= 4 is 0 Å². The molecular weight excluding hydrogens is 162 g/mol. The van der Waals surface area contributed by atoms with Gasteiger partial charge < -0.3 is 10.4 Å². The second-order valence-electron chi connectivity index (χ2n) is 5.31. The highest BCUT2D eigenvalue weighted by atomic mass is 16.3. The van der Waals surface area contributed by atoms with E-state index in [1.807, 2.05) is 0 Å². The van der Waals surface area contributed by atoms with Crippen LogP contribution in [0.4, 0.5) is 0 Å². The van der Waals surface area contributed by atoms with Gasteiger partial charge >= 0.3 is 0 Å². The summed E-state index contributed by atoms with van der Waals surface area (Å²) in [7, 11) is 0. The minimum absolute atomic E-state index is 0.0917. The van der Waals surface area contributed by atoms with Crippen molar-refractivity contribution in [2.75, 3.05) is 6.54 Å². The zero-order valence-corrected chi connectivity index (χ0v) is 8.71. The van der Waals surface area contributed by atoms with E-state index in [0.717, 1.165) is 18.9 Å². The summed E-state index contributed by atoms with van der Waals surface area (Å²) >= 11 is 0. The number of aliphatic hydroxyl groups is 1. The van der Waals surface area contributed by atoms with Crippen LogP contribution in [0, 0.1) is 11.3 Å². The van der Waals surface area contributed by atoms with Gasteiger partial charge in [-0.2, -0.15) is 0 Å². The molecular formula is C11H21NO. The topological polar surface area (TPSA) is 32.3 Å². The maximum atomic E-state index is 9.53. The van der Waals surface area contributed by atoms with Gasteiger partial charge in [-0.25, -0.2) is 0 Å². The Morgan fingerprint density at radius 3 is 2.54 bits per heavy atom. The zero-order valence-electron chi connectivity index (χ0n) is 8.71. The highest BCUT2D eigenvalue weighted by Gasteiger charge is 2.46. The molecule has 2 nitrogen and oxygen atoms in total. The molecule has 0 heterocycles. The Labute approximate surface area is 80.7 Å². The van der Waals surface area contributed by atoms with Crippen LogP contribution in [-0.2, 0) is 0 Å². The van der Waals surface area contributed by atoms with Crippen molar-refractivity contribution in [3.63, 3.8) is 0 Å². The van der Waals surface area contributed by atoms with Crippen LogP contribution in [0.25, 0.3) is 0 Å². The Kier molecular flexibility index (Phi) is 2.37. The highest BCUT2D eigenvalue weighted by molar-refractivity contribution is 5.01. The molecule has 2 unspecified atom stereocenters. The molecule has 2 fully saturated rings. The van der Waals surface area contributed by atoms with Gasteiger partial charge in [0.1, 0.15) is 0 Å². The first kappa shape index (κ1) is 9.47. The van der Waals surface area contributed by atoms with Crippen LogP contribution in [0.1, 0.15) is 39.5 Å². The molecule has 2 saturated carbocycles. The molecule has 0 amide bonds. The third kappa shape index (κ3) is 1.89. The van der Waals surface area contributed by atoms with Crippen LogP contribution in [0.5, 0.6) is 0 Å². The van der Waals surface area contributed by atoms with Gasteiger partial charge in [0.15, 0.2) is 0 Å². The monoisotopic (exact) mass is 183 g/mol. The fourth-order valence-corrected chi connectivity index (χ4v) is 2.12. The Balaban J connectivity index is 1.64. The smallest absolute Gasteiger partial charge is 0.0621 e. The predicted molar refractivity (Wildman–Crippen MR) is 53.5 cm³/mol. The standard InChI is InChI=1S/C11H21NO/c1-11(2)9(7-10(11)13)12-6-5-8-3-4-8/h8-10,12-13H,3-7H2,1-2H3. The molecule has 0 radical (unpaired) electrons. The fourth-order valence-electron chi connectivity index (χ4n) is 2.12. The van der Waals surface area contributed by atoms with Gasteiger partial charge in [-0.15, -0.1) is 0 Å². The van der Waals surface area contributed by atoms with Crippen LogP contribution in [0.2, 0.25) is 0 Å². The first-order valence-corrected chi connectivity index (χ1v) is 5.52. The van der Waals surface area contributed by atoms with Crippen LogP contribution < -0.4 is 5.32 Å². The van der Waals surface area contributed by atoms with E-state index in [2.05, 4.69) is 19.2 Å². The lowest BCUT2D eigenvalue weighted by Gasteiger charge is -2.49. The van der Waals surface area contributed by atoms with E-state index in [1.165, 1.54) is 19.3 Å². The van der Waals surface area contributed by atoms with Gasteiger partial charge in [-0.3, -0.25) is 0 Å². The largest absolute Gasteiger partial charge is 0.392 e. The molecule has 2 heteroatoms. The molecule has 0 aromatic rings. The molecule has 0 aromatic heterocycles. The number of rotatable bonds is 4. The van der Waals surface area contributed by atoms with Crippen molar-refractivity contribution in [1.82, 2.24) is 5.32 Å². The molecule has 0 aromatic carbocycles. The summed E-state index contributed by atoms with van der Waals surface area (Å²) in [5, 5.41) is 13.1. The van der Waals surface area contributed by atoms with Crippen LogP contribution in [-0.4, -0.2) is 23.8 Å². The summed E-state index contributed by atoms with van der Waals surface area (Å²) in [6.07, 6.45) is 5.07. The zero-order chi connectivity index (χ0) is 9.47. The molecule has 0 saturated heterocycles. The van der Waals surface area contributed by atoms with Crippen LogP contribution in [0.3, 0.4) is 0 Å². The Morgan fingerprint density at radius 1 is 1.38 bits per heavy atom. The molecule has 2 atom stereocenters. The minimum atomic E-state index is -0.0917. The summed E-state index contributed by atoms with van der Waals surface area (Å²) in [5.74, 6) is 1.01. The number of aliphatic hydroxyl groups excluding tert-OH is 1. The number of nitrogens with one attached hydrogen (secondary N) is 1. The van der Waals surface area contributed by atoms with Gasteiger partial charge in [0, 0.05) is 11.5 Å². The Bertz CT molecular complexity index is 187. The first-order valence-electron chi connectivity index (χ1n) is 5.52. The minimum Gasteiger partial charge on any atom is -0.392 e. The average molecular weight is 183 g/mol. The van der Waals surface area contributed by atoms with Crippen LogP contribution >= 0.6 is 0 Å². The van der Waals surface area contributed by atoms with Crippen molar-refractivity contribution in [2.24, 2.45) is 11.3 Å². The molecule has 2 aliphatic carbocycles. The number of hydrogen-bond acceptors (Lipinski definition) is 2. The van der Waals surface area contributed by atoms with Gasteiger partial charge in [0.2, 0.25) is 0 Å². The van der Waals surface area contributed by atoms with Crippen molar-refractivity contribution in [2.45, 2.75) is 51.7 Å². The Morgan fingerprint density at radius 2 is 2.08 bits per heavy atom. The van der Waals surface area contributed by atoms with E-state index in [1.54, 1.807) is 0 Å². The summed E-state index contributed by atoms with van der Waals surface area (Å²) < 4.78 is 0. The molecule has 13 heavy (non-hydrogen) atoms. The maximum absolute atomic E-state index is 9.53. The summed E-state index contributed by atoms with van der Waals surface area (Å²) in [6.45, 7) is 5.44. The molecule has 2 N–H and O–H groups in total. The highest BCUT2D eigenvalue weighted by Crippen LogP contribution is 2.40. The normalized spacial score (nSPS) is 37.2. The van der Waals surface area contributed by atoms with E-state index < -0.39 is 0 Å². The van der Waals surface area contributed by atoms with E-state index in [-0.39, 0.29) is 11.5 Å². The van der Waals surface area contributed by atoms with Gasteiger partial charge in [0.05, 0.1) is 6.10 Å². The maximum Gasteiger partial charge on any atom is 0.0621 e. The molecule has 2 rings (SSSR count). The van der Waals surface area contributed by atoms with Gasteiger partial charge in [-0.05, 0) is 25.3 Å². The van der Waals surface area contributed by atoms with Crippen molar-refractivity contribution in [3.05, 3.63) is 0 Å². The van der Waals surface area contributed by atoms with E-state index in [0.29, 0.717) is 6.04 Å². The summed E-state index contributed by atoms with van der Waals surface area (Å²) in [5.41, 5.74) is 0.101. The second kappa shape index (κ2) is 3.25. The van der Waals surface area contributed by atoms with Gasteiger partial charge in [0.25, 0.3) is 0 Å². The predicted octanol–water partition coefficient (Wildman–Crippen LogP) is 1.54. The summed E-state index contributed by atoms with van der Waals surface area (Å²) in [4.78, 5) is 0. The fraction of sp³-hybridized carbons (Fsp3) is 1.00. The molecule has 0 bridgehead atoms. The molecule has 76 valence electrons. The molecule has 2 aliphatic rings. The average Bonchev–Trinajstić information content (AvgIpc) is 2.87. The van der Waals surface area contributed by atoms with E-state index in [9.17, 15) is 5.11 Å². The van der Waals surface area contributed by atoms with Crippen molar-refractivity contribution in [3.8, 4) is 0 Å². The lowest BCUT2D eigenvalue weighted by atomic mass is 9.64. The van der Waals surface area contributed by atoms with Crippen molar-refractivity contribution in [1.29, 1.82) is 0 Å². The lowest BCUT2D eigenvalue weighted by molar-refractivity contribution is -0.0723. The van der Waals surface area contributed by atoms with E-state index in [4.69, 9.17) is 0 Å². The van der Waals surface area contributed by atoms with Crippen LogP contribution in [0.15, 0.2) is 0 Å². The van der Waals surface area contributed by atoms with E-state index >= 15 is 0 Å². The molecule has 0 aliphatic heterocycles. The Hall–Kier alpha value is -0.0800. The van der Waals surface area contributed by atoms with Gasteiger partial charge in [-0.1, -0.05) is 26.7 Å². The summed E-state index contributed by atoms with van der Waals surface area (Å²) in [6, 6.07) is 0.543. The number of hydrogen-bond donors (Lipinski definition) is 2.